The summed E-state index contributed by atoms with van der Waals surface area (Å²) in [5.41, 5.74) is 1.14. The van der Waals surface area contributed by atoms with Crippen molar-refractivity contribution in [1.82, 2.24) is 4.90 Å². The van der Waals surface area contributed by atoms with Gasteiger partial charge in [0.1, 0.15) is 0 Å². The summed E-state index contributed by atoms with van der Waals surface area (Å²) in [5, 5.41) is 8.99. The van der Waals surface area contributed by atoms with E-state index in [1.807, 2.05) is 37.3 Å². The molecule has 0 amide bonds. The van der Waals surface area contributed by atoms with E-state index in [-0.39, 0.29) is 19.0 Å². The zero-order valence-corrected chi connectivity index (χ0v) is 12.4. The number of benzene rings is 1. The predicted molar refractivity (Wildman–Crippen MR) is 76.6 cm³/mol. The fraction of sp³-hybridized carbons (Fsp3) is 0.562. The van der Waals surface area contributed by atoms with E-state index in [0.29, 0.717) is 13.0 Å². The maximum atomic E-state index is 12.9. The molecule has 1 fully saturated rings. The Bertz CT molecular complexity index is 504. The van der Waals surface area contributed by atoms with Crippen molar-refractivity contribution in [3.05, 3.63) is 35.9 Å². The number of rotatable bonds is 5. The fourth-order valence-corrected chi connectivity index (χ4v) is 2.97. The molecule has 1 saturated heterocycles. The zero-order valence-electron chi connectivity index (χ0n) is 12.4. The highest BCUT2D eigenvalue weighted by atomic mass is 19.4. The summed E-state index contributed by atoms with van der Waals surface area (Å²) < 4.78 is 38.8. The lowest BCUT2D eigenvalue weighted by Gasteiger charge is -2.20. The highest BCUT2D eigenvalue weighted by Crippen LogP contribution is 2.38. The minimum atomic E-state index is -4.46. The molecule has 6 heteroatoms. The topological polar surface area (TPSA) is 40.5 Å². The van der Waals surface area contributed by atoms with Gasteiger partial charge in [-0.3, -0.25) is 4.79 Å². The molecule has 1 heterocycles. The van der Waals surface area contributed by atoms with E-state index < -0.39 is 24.0 Å². The lowest BCUT2D eigenvalue weighted by Crippen LogP contribution is -2.33. The summed E-state index contributed by atoms with van der Waals surface area (Å²) in [6.07, 6.45) is -3.75. The quantitative estimate of drug-likeness (QED) is 0.905. The second kappa shape index (κ2) is 6.69. The maximum Gasteiger partial charge on any atom is 0.393 e. The first-order chi connectivity index (χ1) is 10.3. The number of carboxylic acid groups (broad SMARTS) is 1. The van der Waals surface area contributed by atoms with Gasteiger partial charge >= 0.3 is 12.1 Å². The number of nitrogens with zero attached hydrogens (tertiary/aromatic N) is 1. The number of alkyl halides is 3. The lowest BCUT2D eigenvalue weighted by molar-refractivity contribution is -0.188. The highest BCUT2D eigenvalue weighted by molar-refractivity contribution is 5.71. The van der Waals surface area contributed by atoms with Gasteiger partial charge in [0.15, 0.2) is 0 Å². The number of halogens is 3. The zero-order chi connectivity index (χ0) is 16.3. The summed E-state index contributed by atoms with van der Waals surface area (Å²) >= 11 is 0. The fourth-order valence-electron chi connectivity index (χ4n) is 2.97. The minimum Gasteiger partial charge on any atom is -0.481 e. The normalized spacial score (nSPS) is 24.4. The van der Waals surface area contributed by atoms with Crippen LogP contribution in [0.1, 0.15) is 24.8 Å². The smallest absolute Gasteiger partial charge is 0.393 e. The lowest BCUT2D eigenvalue weighted by atomic mass is 9.96. The Balaban J connectivity index is 1.93. The standard InChI is InChI=1S/C16H20F3NO2/c1-11(12-5-3-2-4-6-12)7-8-20-9-13(15(21)22)14(10-20)16(17,18)19/h2-6,11,13-14H,7-10H2,1H3,(H,21,22)/t11?,13-,14-/m1/s1. The third kappa shape index (κ3) is 4.00. The first kappa shape index (κ1) is 16.8. The van der Waals surface area contributed by atoms with Gasteiger partial charge in [-0.1, -0.05) is 37.3 Å². The Morgan fingerprint density at radius 3 is 2.45 bits per heavy atom. The van der Waals surface area contributed by atoms with Gasteiger partial charge in [-0.25, -0.2) is 0 Å². The number of carbonyl (C=O) groups is 1. The summed E-state index contributed by atoms with van der Waals surface area (Å²) in [6, 6.07) is 9.77. The van der Waals surface area contributed by atoms with E-state index in [9.17, 15) is 18.0 Å². The summed E-state index contributed by atoms with van der Waals surface area (Å²) in [7, 11) is 0. The molecule has 0 aromatic heterocycles. The van der Waals surface area contributed by atoms with Crippen molar-refractivity contribution >= 4 is 5.97 Å². The van der Waals surface area contributed by atoms with Crippen LogP contribution < -0.4 is 0 Å². The summed E-state index contributed by atoms with van der Waals surface area (Å²) in [5.74, 6) is -4.25. The third-order valence-electron chi connectivity index (χ3n) is 4.38. The van der Waals surface area contributed by atoms with Crippen molar-refractivity contribution in [2.24, 2.45) is 11.8 Å². The van der Waals surface area contributed by atoms with Crippen LogP contribution >= 0.6 is 0 Å². The Hall–Kier alpha value is -1.56. The van der Waals surface area contributed by atoms with Crippen LogP contribution in [0.3, 0.4) is 0 Å². The van der Waals surface area contributed by atoms with Gasteiger partial charge in [-0.05, 0) is 24.4 Å². The molecule has 1 aliphatic heterocycles. The number of likely N-dealkylation sites (tertiary alicyclic amines) is 1. The number of hydrogen-bond donors (Lipinski definition) is 1. The van der Waals surface area contributed by atoms with Crippen LogP contribution in [0.15, 0.2) is 30.3 Å². The number of carboxylic acids is 1. The van der Waals surface area contributed by atoms with Gasteiger partial charge in [0.05, 0.1) is 11.8 Å². The van der Waals surface area contributed by atoms with Crippen molar-refractivity contribution in [3.8, 4) is 0 Å². The van der Waals surface area contributed by atoms with Gasteiger partial charge in [-0.2, -0.15) is 13.2 Å². The average molecular weight is 315 g/mol. The SMILES string of the molecule is CC(CCN1C[C@@H](C(F)(F)F)[C@H](C(=O)O)C1)c1ccccc1. The predicted octanol–water partition coefficient (Wildman–Crippen LogP) is 3.38. The molecule has 1 aromatic carbocycles. The average Bonchev–Trinajstić information content (AvgIpc) is 2.90. The monoisotopic (exact) mass is 315 g/mol. The van der Waals surface area contributed by atoms with E-state index in [2.05, 4.69) is 0 Å². The molecule has 22 heavy (non-hydrogen) atoms. The van der Waals surface area contributed by atoms with Crippen molar-refractivity contribution in [3.63, 3.8) is 0 Å². The van der Waals surface area contributed by atoms with Gasteiger partial charge in [0, 0.05) is 13.1 Å². The van der Waals surface area contributed by atoms with Gasteiger partial charge in [0.25, 0.3) is 0 Å². The van der Waals surface area contributed by atoms with Gasteiger partial charge in [-0.15, -0.1) is 0 Å². The van der Waals surface area contributed by atoms with Crippen molar-refractivity contribution in [2.75, 3.05) is 19.6 Å². The van der Waals surface area contributed by atoms with Crippen molar-refractivity contribution < 1.29 is 23.1 Å². The Morgan fingerprint density at radius 2 is 1.95 bits per heavy atom. The maximum absolute atomic E-state index is 12.9. The van der Waals surface area contributed by atoms with Gasteiger partial charge < -0.3 is 10.0 Å². The van der Waals surface area contributed by atoms with Crippen LogP contribution in [0.5, 0.6) is 0 Å². The van der Waals surface area contributed by atoms with E-state index in [1.165, 1.54) is 0 Å². The molecule has 1 aliphatic rings. The van der Waals surface area contributed by atoms with E-state index in [1.54, 1.807) is 4.90 Å². The van der Waals surface area contributed by atoms with E-state index in [0.717, 1.165) is 5.56 Å². The molecule has 3 nitrogen and oxygen atoms in total. The summed E-state index contributed by atoms with van der Waals surface area (Å²) in [4.78, 5) is 12.7. The number of aliphatic carboxylic acids is 1. The van der Waals surface area contributed by atoms with Crippen LogP contribution in [-0.2, 0) is 4.79 Å². The molecule has 1 aromatic rings. The molecule has 1 unspecified atom stereocenters. The molecule has 0 saturated carbocycles. The second-order valence-corrected chi connectivity index (χ2v) is 5.95. The largest absolute Gasteiger partial charge is 0.481 e. The molecule has 2 rings (SSSR count). The molecule has 0 bridgehead atoms. The molecule has 3 atom stereocenters. The van der Waals surface area contributed by atoms with Crippen LogP contribution in [0, 0.1) is 11.8 Å². The van der Waals surface area contributed by atoms with Crippen LogP contribution in [-0.4, -0.2) is 41.8 Å². The molecular formula is C16H20F3NO2. The van der Waals surface area contributed by atoms with Crippen LogP contribution in [0.25, 0.3) is 0 Å². The van der Waals surface area contributed by atoms with Crippen molar-refractivity contribution in [1.29, 1.82) is 0 Å². The van der Waals surface area contributed by atoms with E-state index in [4.69, 9.17) is 5.11 Å². The molecule has 1 N–H and O–H groups in total. The van der Waals surface area contributed by atoms with E-state index >= 15 is 0 Å². The third-order valence-corrected chi connectivity index (χ3v) is 4.38. The first-order valence-corrected chi connectivity index (χ1v) is 7.36. The Labute approximate surface area is 127 Å². The molecule has 0 radical (unpaired) electrons. The molecule has 0 spiro atoms. The minimum absolute atomic E-state index is 0.0268. The Kier molecular flexibility index (Phi) is 5.11. The molecule has 122 valence electrons. The molecular weight excluding hydrogens is 295 g/mol. The number of hydrogen-bond acceptors (Lipinski definition) is 2. The van der Waals surface area contributed by atoms with Crippen molar-refractivity contribution in [2.45, 2.75) is 25.4 Å². The summed E-state index contributed by atoms with van der Waals surface area (Å²) in [6.45, 7) is 2.26. The van der Waals surface area contributed by atoms with Crippen LogP contribution in [0.4, 0.5) is 13.2 Å². The van der Waals surface area contributed by atoms with Crippen LogP contribution in [0.2, 0.25) is 0 Å². The van der Waals surface area contributed by atoms with Gasteiger partial charge in [0.2, 0.25) is 0 Å². The second-order valence-electron chi connectivity index (χ2n) is 5.95. The first-order valence-electron chi connectivity index (χ1n) is 7.36. The highest BCUT2D eigenvalue weighted by Gasteiger charge is 2.52. The Morgan fingerprint density at radius 1 is 1.32 bits per heavy atom. The molecule has 0 aliphatic carbocycles.